The van der Waals surface area contributed by atoms with E-state index in [9.17, 15) is 9.59 Å². The van der Waals surface area contributed by atoms with Crippen molar-refractivity contribution in [3.05, 3.63) is 53.6 Å². The van der Waals surface area contributed by atoms with E-state index < -0.39 is 0 Å². The minimum absolute atomic E-state index is 0.142. The van der Waals surface area contributed by atoms with Gasteiger partial charge >= 0.3 is 6.03 Å². The highest BCUT2D eigenvalue weighted by atomic mass is 16.5. The minimum Gasteiger partial charge on any atom is -0.497 e. The molecular formula is C21H27N3O4. The highest BCUT2D eigenvalue weighted by Crippen LogP contribution is 2.29. The maximum absolute atomic E-state index is 12.5. The highest BCUT2D eigenvalue weighted by molar-refractivity contribution is 5.88. The Morgan fingerprint density at radius 2 is 1.64 bits per heavy atom. The lowest BCUT2D eigenvalue weighted by atomic mass is 10.1. The molecule has 7 nitrogen and oxygen atoms in total. The largest absolute Gasteiger partial charge is 0.497 e. The Hall–Kier alpha value is -3.22. The second kappa shape index (κ2) is 9.64. The number of carbonyl (C=O) groups is 2. The number of amides is 3. The van der Waals surface area contributed by atoms with E-state index in [1.54, 1.807) is 32.4 Å². The molecule has 2 aromatic carbocycles. The van der Waals surface area contributed by atoms with Gasteiger partial charge in [0.2, 0.25) is 5.91 Å². The molecule has 2 atom stereocenters. The highest BCUT2D eigenvalue weighted by Gasteiger charge is 2.17. The molecule has 0 bridgehead atoms. The average Bonchev–Trinajstić information content (AvgIpc) is 2.66. The van der Waals surface area contributed by atoms with Gasteiger partial charge in [-0.25, -0.2) is 4.79 Å². The number of urea groups is 1. The Bertz CT molecular complexity index is 838. The molecule has 2 aromatic rings. The number of methoxy groups -OCH3 is 2. The third-order valence-electron chi connectivity index (χ3n) is 4.31. The molecule has 3 N–H and O–H groups in total. The van der Waals surface area contributed by atoms with Gasteiger partial charge in [-0.1, -0.05) is 12.1 Å². The first-order chi connectivity index (χ1) is 13.3. The third-order valence-corrected chi connectivity index (χ3v) is 4.31. The summed E-state index contributed by atoms with van der Waals surface area (Å²) in [5, 5.41) is 8.56. The van der Waals surface area contributed by atoms with Crippen molar-refractivity contribution in [2.75, 3.05) is 19.5 Å². The summed E-state index contributed by atoms with van der Waals surface area (Å²) in [5.41, 5.74) is 2.39. The van der Waals surface area contributed by atoms with Gasteiger partial charge in [0.05, 0.1) is 26.3 Å². The Balaban J connectivity index is 2.04. The van der Waals surface area contributed by atoms with Crippen molar-refractivity contribution in [2.24, 2.45) is 0 Å². The second-order valence-corrected chi connectivity index (χ2v) is 6.48. The van der Waals surface area contributed by atoms with Crippen molar-refractivity contribution in [1.29, 1.82) is 0 Å². The number of anilines is 1. The standard InChI is InChI=1S/C21H27N3O4/c1-13(16-7-6-8-17(11-16)24-15(3)25)22-21(26)23-14(2)19-12-18(27-4)9-10-20(19)28-5/h6-14H,1-5H3,(H,24,25)(H2,22,23,26). The lowest BCUT2D eigenvalue weighted by Crippen LogP contribution is -2.38. The molecule has 0 aromatic heterocycles. The summed E-state index contributed by atoms with van der Waals surface area (Å²) >= 11 is 0. The van der Waals surface area contributed by atoms with Crippen LogP contribution in [-0.2, 0) is 4.79 Å². The number of hydrogen-bond donors (Lipinski definition) is 3. The number of ether oxygens (including phenoxy) is 2. The molecule has 0 aliphatic carbocycles. The number of carbonyl (C=O) groups excluding carboxylic acids is 2. The van der Waals surface area contributed by atoms with Gasteiger partial charge in [0.1, 0.15) is 11.5 Å². The molecule has 0 radical (unpaired) electrons. The molecule has 0 aliphatic rings. The first kappa shape index (κ1) is 21.1. The number of rotatable bonds is 7. The Morgan fingerprint density at radius 1 is 0.929 bits per heavy atom. The summed E-state index contributed by atoms with van der Waals surface area (Å²) in [6.07, 6.45) is 0. The monoisotopic (exact) mass is 385 g/mol. The van der Waals surface area contributed by atoms with Gasteiger partial charge in [-0.2, -0.15) is 0 Å². The summed E-state index contributed by atoms with van der Waals surface area (Å²) in [7, 11) is 3.18. The summed E-state index contributed by atoms with van der Waals surface area (Å²) in [5.74, 6) is 1.22. The van der Waals surface area contributed by atoms with E-state index in [0.717, 1.165) is 11.1 Å². The van der Waals surface area contributed by atoms with Crippen LogP contribution in [0.1, 0.15) is 44.0 Å². The van der Waals surface area contributed by atoms with Crippen LogP contribution in [0.4, 0.5) is 10.5 Å². The molecule has 28 heavy (non-hydrogen) atoms. The SMILES string of the molecule is COc1ccc(OC)c(C(C)NC(=O)NC(C)c2cccc(NC(C)=O)c2)c1. The predicted molar refractivity (Wildman–Crippen MR) is 109 cm³/mol. The summed E-state index contributed by atoms with van der Waals surface area (Å²) in [6, 6.07) is 12.0. The molecule has 3 amide bonds. The third kappa shape index (κ3) is 5.64. The smallest absolute Gasteiger partial charge is 0.315 e. The van der Waals surface area contributed by atoms with Crippen molar-refractivity contribution in [3.8, 4) is 11.5 Å². The summed E-state index contributed by atoms with van der Waals surface area (Å²) < 4.78 is 10.6. The van der Waals surface area contributed by atoms with E-state index in [2.05, 4.69) is 16.0 Å². The lowest BCUT2D eigenvalue weighted by molar-refractivity contribution is -0.114. The maximum Gasteiger partial charge on any atom is 0.315 e. The Kier molecular flexibility index (Phi) is 7.26. The van der Waals surface area contributed by atoms with E-state index in [4.69, 9.17) is 9.47 Å². The summed E-state index contributed by atoms with van der Waals surface area (Å²) in [4.78, 5) is 23.7. The fourth-order valence-corrected chi connectivity index (χ4v) is 2.86. The Labute approximate surface area is 165 Å². The first-order valence-corrected chi connectivity index (χ1v) is 9.00. The average molecular weight is 385 g/mol. The zero-order chi connectivity index (χ0) is 20.7. The van der Waals surface area contributed by atoms with Crippen LogP contribution in [0.2, 0.25) is 0 Å². The van der Waals surface area contributed by atoms with Gasteiger partial charge in [-0.3, -0.25) is 4.79 Å². The molecule has 0 spiro atoms. The van der Waals surface area contributed by atoms with E-state index in [1.807, 2.05) is 38.1 Å². The normalized spacial score (nSPS) is 12.5. The van der Waals surface area contributed by atoms with Crippen molar-refractivity contribution in [2.45, 2.75) is 32.9 Å². The van der Waals surface area contributed by atoms with E-state index >= 15 is 0 Å². The molecule has 150 valence electrons. The van der Waals surface area contributed by atoms with Gasteiger partial charge in [0, 0.05) is 18.2 Å². The van der Waals surface area contributed by atoms with Crippen molar-refractivity contribution >= 4 is 17.6 Å². The van der Waals surface area contributed by atoms with Crippen LogP contribution < -0.4 is 25.4 Å². The first-order valence-electron chi connectivity index (χ1n) is 9.00. The van der Waals surface area contributed by atoms with E-state index in [1.165, 1.54) is 6.92 Å². The minimum atomic E-state index is -0.310. The fourth-order valence-electron chi connectivity index (χ4n) is 2.86. The quantitative estimate of drug-likeness (QED) is 0.677. The van der Waals surface area contributed by atoms with Crippen LogP contribution >= 0.6 is 0 Å². The molecule has 0 saturated heterocycles. The van der Waals surface area contributed by atoms with Gasteiger partial charge < -0.3 is 25.4 Å². The maximum atomic E-state index is 12.5. The molecule has 7 heteroatoms. The molecule has 0 saturated carbocycles. The number of hydrogen-bond acceptors (Lipinski definition) is 4. The molecular weight excluding hydrogens is 358 g/mol. The lowest BCUT2D eigenvalue weighted by Gasteiger charge is -2.21. The predicted octanol–water partition coefficient (Wildman–Crippen LogP) is 3.78. The molecule has 2 unspecified atom stereocenters. The van der Waals surface area contributed by atoms with Crippen LogP contribution in [0, 0.1) is 0 Å². The fraction of sp³-hybridized carbons (Fsp3) is 0.333. The zero-order valence-corrected chi connectivity index (χ0v) is 16.8. The van der Waals surface area contributed by atoms with E-state index in [-0.39, 0.29) is 24.0 Å². The number of benzene rings is 2. The van der Waals surface area contributed by atoms with Crippen molar-refractivity contribution in [1.82, 2.24) is 10.6 Å². The van der Waals surface area contributed by atoms with Gasteiger partial charge in [0.25, 0.3) is 0 Å². The molecule has 0 fully saturated rings. The van der Waals surface area contributed by atoms with Gasteiger partial charge in [0.15, 0.2) is 0 Å². The summed E-state index contributed by atoms with van der Waals surface area (Å²) in [6.45, 7) is 5.21. The Morgan fingerprint density at radius 3 is 2.29 bits per heavy atom. The number of nitrogens with one attached hydrogen (secondary N) is 3. The molecule has 0 heterocycles. The van der Waals surface area contributed by atoms with Gasteiger partial charge in [-0.05, 0) is 49.7 Å². The van der Waals surface area contributed by atoms with Crippen LogP contribution in [0.5, 0.6) is 11.5 Å². The van der Waals surface area contributed by atoms with Crippen molar-refractivity contribution in [3.63, 3.8) is 0 Å². The van der Waals surface area contributed by atoms with E-state index in [0.29, 0.717) is 17.2 Å². The molecule has 2 rings (SSSR count). The van der Waals surface area contributed by atoms with Crippen LogP contribution in [0.3, 0.4) is 0 Å². The van der Waals surface area contributed by atoms with Crippen LogP contribution in [0.25, 0.3) is 0 Å². The zero-order valence-electron chi connectivity index (χ0n) is 16.8. The van der Waals surface area contributed by atoms with Crippen LogP contribution in [-0.4, -0.2) is 26.2 Å². The van der Waals surface area contributed by atoms with Crippen molar-refractivity contribution < 1.29 is 19.1 Å². The van der Waals surface area contributed by atoms with Gasteiger partial charge in [-0.15, -0.1) is 0 Å². The molecule has 0 aliphatic heterocycles. The van der Waals surface area contributed by atoms with Crippen LogP contribution in [0.15, 0.2) is 42.5 Å². The topological polar surface area (TPSA) is 88.7 Å². The second-order valence-electron chi connectivity index (χ2n) is 6.48.